The molecule has 0 saturated heterocycles. The van der Waals surface area contributed by atoms with Gasteiger partial charge in [-0.25, -0.2) is 0 Å². The second-order valence-corrected chi connectivity index (χ2v) is 4.31. The van der Waals surface area contributed by atoms with Gasteiger partial charge in [0.15, 0.2) is 0 Å². The van der Waals surface area contributed by atoms with Gasteiger partial charge < -0.3 is 10.1 Å². The molecule has 0 aromatic heterocycles. The van der Waals surface area contributed by atoms with Crippen molar-refractivity contribution < 1.29 is 9.53 Å². The van der Waals surface area contributed by atoms with Gasteiger partial charge in [-0.1, -0.05) is 6.58 Å². The van der Waals surface area contributed by atoms with Crippen molar-refractivity contribution in [1.82, 2.24) is 0 Å². The van der Waals surface area contributed by atoms with Crippen molar-refractivity contribution in [3.63, 3.8) is 0 Å². The van der Waals surface area contributed by atoms with Crippen LogP contribution in [0.4, 0.5) is 5.69 Å². The highest BCUT2D eigenvalue weighted by atomic mass is 35.5. The topological polar surface area (TPSA) is 38.3 Å². The summed E-state index contributed by atoms with van der Waals surface area (Å²) in [6.45, 7) is 4.20. The first kappa shape index (κ1) is 12.0. The zero-order chi connectivity index (χ0) is 12.3. The van der Waals surface area contributed by atoms with Gasteiger partial charge in [-0.15, -0.1) is 11.6 Å². The van der Waals surface area contributed by atoms with Crippen molar-refractivity contribution in [3.8, 4) is 5.75 Å². The van der Waals surface area contributed by atoms with Gasteiger partial charge in [-0.05, 0) is 35.8 Å². The van der Waals surface area contributed by atoms with E-state index in [0.29, 0.717) is 18.9 Å². The fraction of sp³-hybridized carbons (Fsp3) is 0.308. The average Bonchev–Trinajstić information content (AvgIpc) is 2.35. The zero-order valence-electron chi connectivity index (χ0n) is 9.46. The van der Waals surface area contributed by atoms with Gasteiger partial charge in [0.1, 0.15) is 12.4 Å². The predicted octanol–water partition coefficient (Wildman–Crippen LogP) is 2.75. The van der Waals surface area contributed by atoms with Crippen LogP contribution >= 0.6 is 11.6 Å². The Morgan fingerprint density at radius 2 is 2.29 bits per heavy atom. The first-order valence-corrected chi connectivity index (χ1v) is 6.00. The van der Waals surface area contributed by atoms with Gasteiger partial charge in [-0.3, -0.25) is 4.79 Å². The molecule has 1 aliphatic rings. The third-order valence-corrected chi connectivity index (χ3v) is 2.98. The van der Waals surface area contributed by atoms with Gasteiger partial charge in [0.05, 0.1) is 0 Å². The number of amides is 1. The van der Waals surface area contributed by atoms with E-state index < -0.39 is 0 Å². The molecule has 0 bridgehead atoms. The number of nitrogens with one attached hydrogen (secondary N) is 1. The largest absolute Gasteiger partial charge is 0.489 e. The normalized spacial score (nSPS) is 13.8. The van der Waals surface area contributed by atoms with E-state index in [2.05, 4.69) is 11.9 Å². The quantitative estimate of drug-likeness (QED) is 0.660. The van der Waals surface area contributed by atoms with E-state index in [1.807, 2.05) is 18.2 Å². The summed E-state index contributed by atoms with van der Waals surface area (Å²) in [6.07, 6.45) is 1.29. The SMILES string of the molecule is C=C(CCl)COc1ccc2c(c1)CCC(=O)N2. The number of hydrogen-bond acceptors (Lipinski definition) is 2. The number of hydrogen-bond donors (Lipinski definition) is 1. The summed E-state index contributed by atoms with van der Waals surface area (Å²) in [4.78, 5) is 11.2. The molecule has 0 fully saturated rings. The highest BCUT2D eigenvalue weighted by molar-refractivity contribution is 6.19. The lowest BCUT2D eigenvalue weighted by Gasteiger charge is -2.17. The van der Waals surface area contributed by atoms with Crippen molar-refractivity contribution in [1.29, 1.82) is 0 Å². The predicted molar refractivity (Wildman–Crippen MR) is 68.7 cm³/mol. The summed E-state index contributed by atoms with van der Waals surface area (Å²) in [5.41, 5.74) is 2.83. The molecule has 90 valence electrons. The monoisotopic (exact) mass is 251 g/mol. The van der Waals surface area contributed by atoms with Gasteiger partial charge in [0.25, 0.3) is 0 Å². The van der Waals surface area contributed by atoms with Gasteiger partial charge in [-0.2, -0.15) is 0 Å². The molecule has 1 aromatic carbocycles. The van der Waals surface area contributed by atoms with Crippen LogP contribution < -0.4 is 10.1 Å². The summed E-state index contributed by atoms with van der Waals surface area (Å²) in [7, 11) is 0. The van der Waals surface area contributed by atoms with Crippen LogP contribution in [0.5, 0.6) is 5.75 Å². The Kier molecular flexibility index (Phi) is 3.69. The highest BCUT2D eigenvalue weighted by Gasteiger charge is 2.14. The van der Waals surface area contributed by atoms with E-state index in [1.54, 1.807) is 0 Å². The Morgan fingerprint density at radius 3 is 3.06 bits per heavy atom. The summed E-state index contributed by atoms with van der Waals surface area (Å²) in [6, 6.07) is 5.66. The Morgan fingerprint density at radius 1 is 1.47 bits per heavy atom. The van der Waals surface area contributed by atoms with Crippen molar-refractivity contribution in [2.45, 2.75) is 12.8 Å². The fourth-order valence-corrected chi connectivity index (χ4v) is 1.75. The summed E-state index contributed by atoms with van der Waals surface area (Å²) in [5, 5.41) is 2.83. The minimum atomic E-state index is 0.0710. The number of anilines is 1. The Hall–Kier alpha value is -1.48. The molecule has 17 heavy (non-hydrogen) atoms. The van der Waals surface area contributed by atoms with Gasteiger partial charge >= 0.3 is 0 Å². The summed E-state index contributed by atoms with van der Waals surface area (Å²) in [5.74, 6) is 1.26. The maximum atomic E-state index is 11.2. The van der Waals surface area contributed by atoms with Crippen molar-refractivity contribution in [2.75, 3.05) is 17.8 Å². The summed E-state index contributed by atoms with van der Waals surface area (Å²) < 4.78 is 5.55. The molecule has 1 amide bonds. The second-order valence-electron chi connectivity index (χ2n) is 4.04. The van der Waals surface area contributed by atoms with Crippen LogP contribution in [0, 0.1) is 0 Å². The number of carbonyl (C=O) groups excluding carboxylic acids is 1. The maximum Gasteiger partial charge on any atom is 0.224 e. The Bertz CT molecular complexity index is 457. The van der Waals surface area contributed by atoms with Crippen molar-refractivity contribution in [3.05, 3.63) is 35.9 Å². The van der Waals surface area contributed by atoms with Gasteiger partial charge in [0, 0.05) is 18.0 Å². The number of aryl methyl sites for hydroxylation is 1. The van der Waals surface area contributed by atoms with Crippen LogP contribution in [-0.2, 0) is 11.2 Å². The third-order valence-electron chi connectivity index (χ3n) is 2.60. The molecule has 1 aliphatic heterocycles. The van der Waals surface area contributed by atoms with E-state index in [0.717, 1.165) is 29.0 Å². The standard InChI is InChI=1S/C13H14ClNO2/c1-9(7-14)8-17-11-3-4-12-10(6-11)2-5-13(16)15-12/h3-4,6H,1-2,5,7-8H2,(H,15,16). The Labute approximate surface area is 105 Å². The van der Waals surface area contributed by atoms with Crippen LogP contribution in [0.25, 0.3) is 0 Å². The zero-order valence-corrected chi connectivity index (χ0v) is 10.2. The molecule has 1 heterocycles. The van der Waals surface area contributed by atoms with E-state index in [4.69, 9.17) is 16.3 Å². The molecule has 2 rings (SSSR count). The first-order valence-electron chi connectivity index (χ1n) is 5.47. The Balaban J connectivity index is 2.06. The minimum Gasteiger partial charge on any atom is -0.489 e. The van der Waals surface area contributed by atoms with Crippen molar-refractivity contribution in [2.24, 2.45) is 0 Å². The first-order chi connectivity index (χ1) is 8.19. The van der Waals surface area contributed by atoms with E-state index in [9.17, 15) is 4.79 Å². The number of alkyl halides is 1. The third kappa shape index (κ3) is 3.01. The molecule has 4 heteroatoms. The number of benzene rings is 1. The number of carbonyl (C=O) groups is 1. The van der Waals surface area contributed by atoms with Crippen LogP contribution in [0.3, 0.4) is 0 Å². The van der Waals surface area contributed by atoms with Crippen LogP contribution in [0.2, 0.25) is 0 Å². The number of rotatable bonds is 4. The average molecular weight is 252 g/mol. The van der Waals surface area contributed by atoms with Crippen LogP contribution in [0.15, 0.2) is 30.4 Å². The number of halogens is 1. The summed E-state index contributed by atoms with van der Waals surface area (Å²) >= 11 is 5.62. The molecule has 1 aromatic rings. The molecule has 0 unspecified atom stereocenters. The lowest BCUT2D eigenvalue weighted by molar-refractivity contribution is -0.116. The number of fused-ring (bicyclic) bond motifs is 1. The molecule has 0 aliphatic carbocycles. The van der Waals surface area contributed by atoms with Crippen molar-refractivity contribution >= 4 is 23.2 Å². The lowest BCUT2D eigenvalue weighted by Crippen LogP contribution is -2.18. The molecule has 1 N–H and O–H groups in total. The molecule has 3 nitrogen and oxygen atoms in total. The smallest absolute Gasteiger partial charge is 0.224 e. The molecule has 0 radical (unpaired) electrons. The number of ether oxygens (including phenoxy) is 1. The highest BCUT2D eigenvalue weighted by Crippen LogP contribution is 2.26. The van der Waals surface area contributed by atoms with Gasteiger partial charge in [0.2, 0.25) is 5.91 Å². The van der Waals surface area contributed by atoms with Crippen LogP contribution in [-0.4, -0.2) is 18.4 Å². The maximum absolute atomic E-state index is 11.2. The molecular formula is C13H14ClNO2. The van der Waals surface area contributed by atoms with E-state index in [1.165, 1.54) is 0 Å². The van der Waals surface area contributed by atoms with Crippen LogP contribution in [0.1, 0.15) is 12.0 Å². The van der Waals surface area contributed by atoms with E-state index >= 15 is 0 Å². The lowest BCUT2D eigenvalue weighted by atomic mass is 10.0. The molecule has 0 atom stereocenters. The molecule has 0 spiro atoms. The van der Waals surface area contributed by atoms with E-state index in [-0.39, 0.29) is 5.91 Å². The fourth-order valence-electron chi connectivity index (χ4n) is 1.67. The minimum absolute atomic E-state index is 0.0710. The molecule has 0 saturated carbocycles. The second kappa shape index (κ2) is 5.23. The molecular weight excluding hydrogens is 238 g/mol.